The quantitative estimate of drug-likeness (QED) is 0.834. The first-order valence-corrected chi connectivity index (χ1v) is 6.80. The van der Waals surface area contributed by atoms with Crippen LogP contribution in [-0.4, -0.2) is 36.7 Å². The Morgan fingerprint density at radius 2 is 2.00 bits per heavy atom. The van der Waals surface area contributed by atoms with Crippen molar-refractivity contribution in [3.63, 3.8) is 0 Å². The fourth-order valence-corrected chi connectivity index (χ4v) is 2.36. The summed E-state index contributed by atoms with van der Waals surface area (Å²) < 4.78 is 18.0. The highest BCUT2D eigenvalue weighted by atomic mass is 19.1. The normalized spacial score (nSPS) is 22.2. The van der Waals surface area contributed by atoms with Crippen LogP contribution in [-0.2, 0) is 14.3 Å². The van der Waals surface area contributed by atoms with Gasteiger partial charge in [-0.15, -0.1) is 0 Å². The average Bonchev–Trinajstić information content (AvgIpc) is 2.39. The van der Waals surface area contributed by atoms with E-state index < -0.39 is 17.7 Å². The molecule has 1 aromatic rings. The zero-order valence-corrected chi connectivity index (χ0v) is 11.7. The molecule has 1 amide bonds. The van der Waals surface area contributed by atoms with Gasteiger partial charge in [-0.25, -0.2) is 4.39 Å². The van der Waals surface area contributed by atoms with Gasteiger partial charge in [-0.05, 0) is 30.5 Å². The first kappa shape index (κ1) is 15.4. The highest BCUT2D eigenvalue weighted by molar-refractivity contribution is 5.81. The first-order valence-electron chi connectivity index (χ1n) is 6.80. The van der Waals surface area contributed by atoms with Crippen molar-refractivity contribution in [2.45, 2.75) is 24.9 Å². The van der Waals surface area contributed by atoms with Crippen LogP contribution < -0.4 is 5.32 Å². The fourth-order valence-electron chi connectivity index (χ4n) is 2.36. The number of carbonyl (C=O) groups is 2. The van der Waals surface area contributed by atoms with Crippen LogP contribution in [0.4, 0.5) is 4.39 Å². The summed E-state index contributed by atoms with van der Waals surface area (Å²) in [7, 11) is 1.60. The molecule has 0 aliphatic heterocycles. The minimum atomic E-state index is -1.05. The third-order valence-electron chi connectivity index (χ3n) is 3.85. The van der Waals surface area contributed by atoms with Gasteiger partial charge in [-0.2, -0.15) is 0 Å². The van der Waals surface area contributed by atoms with Gasteiger partial charge in [0, 0.05) is 19.6 Å². The molecule has 1 atom stereocenters. The second kappa shape index (κ2) is 6.67. The number of carboxylic acid groups (broad SMARTS) is 1. The molecule has 0 spiro atoms. The number of nitrogens with one attached hydrogen (secondary N) is 1. The van der Waals surface area contributed by atoms with E-state index in [2.05, 4.69) is 5.32 Å². The van der Waals surface area contributed by atoms with E-state index in [9.17, 15) is 19.1 Å². The van der Waals surface area contributed by atoms with Crippen LogP contribution in [0.3, 0.4) is 0 Å². The topological polar surface area (TPSA) is 75.6 Å². The second-order valence-corrected chi connectivity index (χ2v) is 5.21. The number of aliphatic carboxylic acids is 1. The summed E-state index contributed by atoms with van der Waals surface area (Å²) in [6, 6.07) is 5.26. The van der Waals surface area contributed by atoms with Gasteiger partial charge in [0.25, 0.3) is 0 Å². The monoisotopic (exact) mass is 295 g/mol. The zero-order chi connectivity index (χ0) is 15.4. The van der Waals surface area contributed by atoms with Crippen molar-refractivity contribution < 1.29 is 23.8 Å². The second-order valence-electron chi connectivity index (χ2n) is 5.21. The third kappa shape index (κ3) is 3.78. The molecule has 2 N–H and O–H groups in total. The molecule has 1 aliphatic rings. The van der Waals surface area contributed by atoms with Gasteiger partial charge in [0.05, 0.1) is 12.0 Å². The lowest BCUT2D eigenvalue weighted by molar-refractivity contribution is -0.139. The van der Waals surface area contributed by atoms with E-state index in [0.717, 1.165) is 0 Å². The van der Waals surface area contributed by atoms with Crippen molar-refractivity contribution in [3.05, 3.63) is 35.6 Å². The van der Waals surface area contributed by atoms with Crippen molar-refractivity contribution in [2.75, 3.05) is 13.7 Å². The van der Waals surface area contributed by atoms with Crippen molar-refractivity contribution in [1.29, 1.82) is 0 Å². The molecule has 21 heavy (non-hydrogen) atoms. The molecule has 2 rings (SSSR count). The van der Waals surface area contributed by atoms with E-state index in [1.165, 1.54) is 24.3 Å². The molecule has 1 saturated carbocycles. The predicted octanol–water partition coefficient (Wildman–Crippen LogP) is 1.54. The molecule has 0 bridgehead atoms. The smallest absolute Gasteiger partial charge is 0.312 e. The van der Waals surface area contributed by atoms with Crippen molar-refractivity contribution >= 4 is 11.9 Å². The number of amides is 1. The maximum Gasteiger partial charge on any atom is 0.312 e. The van der Waals surface area contributed by atoms with Gasteiger partial charge in [-0.1, -0.05) is 12.1 Å². The molecule has 114 valence electrons. The molecule has 6 heteroatoms. The summed E-state index contributed by atoms with van der Waals surface area (Å²) in [6.45, 7) is -0.00600. The van der Waals surface area contributed by atoms with Crippen molar-refractivity contribution in [2.24, 2.45) is 5.92 Å². The van der Waals surface area contributed by atoms with E-state index >= 15 is 0 Å². The largest absolute Gasteiger partial charge is 0.481 e. The van der Waals surface area contributed by atoms with Crippen molar-refractivity contribution in [3.8, 4) is 0 Å². The van der Waals surface area contributed by atoms with Crippen LogP contribution in [0.1, 0.15) is 24.3 Å². The number of carboxylic acids is 1. The Kier molecular flexibility index (Phi) is 4.90. The molecule has 1 aliphatic carbocycles. The van der Waals surface area contributed by atoms with E-state index in [4.69, 9.17) is 4.74 Å². The third-order valence-corrected chi connectivity index (χ3v) is 3.85. The SMILES string of the molecule is COC1CC(C(=O)NCC(C(=O)O)c2ccc(F)cc2)C1. The minimum absolute atomic E-state index is 0.00600. The lowest BCUT2D eigenvalue weighted by atomic mass is 9.81. The summed E-state index contributed by atoms with van der Waals surface area (Å²) in [6.07, 6.45) is 1.45. The maximum absolute atomic E-state index is 12.9. The fraction of sp³-hybridized carbons (Fsp3) is 0.467. The van der Waals surface area contributed by atoms with Gasteiger partial charge in [0.15, 0.2) is 0 Å². The molecule has 0 heterocycles. The highest BCUT2D eigenvalue weighted by Gasteiger charge is 2.35. The van der Waals surface area contributed by atoms with Crippen LogP contribution in [0.5, 0.6) is 0 Å². The number of methoxy groups -OCH3 is 1. The van der Waals surface area contributed by atoms with E-state index in [1.807, 2.05) is 0 Å². The number of benzene rings is 1. The summed E-state index contributed by atoms with van der Waals surface area (Å²) in [5.74, 6) is -2.63. The molecule has 0 radical (unpaired) electrons. The standard InChI is InChI=1S/C15H18FNO4/c1-21-12-6-10(7-12)14(18)17-8-13(15(19)20)9-2-4-11(16)5-3-9/h2-5,10,12-13H,6-8H2,1H3,(H,17,18)(H,19,20). The lowest BCUT2D eigenvalue weighted by Crippen LogP contribution is -2.43. The predicted molar refractivity (Wildman–Crippen MR) is 73.3 cm³/mol. The number of ether oxygens (including phenoxy) is 1. The Labute approximate surface area is 122 Å². The number of rotatable bonds is 6. The Morgan fingerprint density at radius 3 is 2.52 bits per heavy atom. The van der Waals surface area contributed by atoms with E-state index in [0.29, 0.717) is 18.4 Å². The Balaban J connectivity index is 1.90. The number of halogens is 1. The van der Waals surface area contributed by atoms with Crippen LogP contribution in [0.15, 0.2) is 24.3 Å². The summed E-state index contributed by atoms with van der Waals surface area (Å²) >= 11 is 0. The van der Waals surface area contributed by atoms with Gasteiger partial charge in [0.1, 0.15) is 5.82 Å². The molecule has 1 aromatic carbocycles. The van der Waals surface area contributed by atoms with Crippen LogP contribution >= 0.6 is 0 Å². The van der Waals surface area contributed by atoms with Gasteiger partial charge < -0.3 is 15.2 Å². The number of hydrogen-bond acceptors (Lipinski definition) is 3. The minimum Gasteiger partial charge on any atom is -0.481 e. The van der Waals surface area contributed by atoms with E-state index in [1.54, 1.807) is 7.11 Å². The molecule has 0 saturated heterocycles. The maximum atomic E-state index is 12.9. The first-order chi connectivity index (χ1) is 10.0. The molecule has 1 unspecified atom stereocenters. The van der Waals surface area contributed by atoms with Gasteiger partial charge in [-0.3, -0.25) is 9.59 Å². The summed E-state index contributed by atoms with van der Waals surface area (Å²) in [5.41, 5.74) is 0.465. The molecular weight excluding hydrogens is 277 g/mol. The summed E-state index contributed by atoms with van der Waals surface area (Å²) in [5, 5.41) is 11.9. The Bertz CT molecular complexity index is 511. The van der Waals surface area contributed by atoms with Crippen LogP contribution in [0.2, 0.25) is 0 Å². The lowest BCUT2D eigenvalue weighted by Gasteiger charge is -2.33. The molecule has 1 fully saturated rings. The van der Waals surface area contributed by atoms with Crippen LogP contribution in [0, 0.1) is 11.7 Å². The van der Waals surface area contributed by atoms with Gasteiger partial charge in [0.2, 0.25) is 5.91 Å². The Morgan fingerprint density at radius 1 is 1.38 bits per heavy atom. The number of carbonyl (C=O) groups excluding carboxylic acids is 1. The molecule has 0 aromatic heterocycles. The molecule has 5 nitrogen and oxygen atoms in total. The van der Waals surface area contributed by atoms with Crippen molar-refractivity contribution in [1.82, 2.24) is 5.32 Å². The van der Waals surface area contributed by atoms with Gasteiger partial charge >= 0.3 is 5.97 Å². The van der Waals surface area contributed by atoms with Crippen LogP contribution in [0.25, 0.3) is 0 Å². The highest BCUT2D eigenvalue weighted by Crippen LogP contribution is 2.29. The zero-order valence-electron chi connectivity index (χ0n) is 11.7. The Hall–Kier alpha value is -1.95. The summed E-state index contributed by atoms with van der Waals surface area (Å²) in [4.78, 5) is 23.2. The number of hydrogen-bond donors (Lipinski definition) is 2. The average molecular weight is 295 g/mol. The van der Waals surface area contributed by atoms with E-state index in [-0.39, 0.29) is 24.5 Å². The molecular formula is C15H18FNO4.